The van der Waals surface area contributed by atoms with E-state index in [9.17, 15) is 0 Å². The van der Waals surface area contributed by atoms with Gasteiger partial charge in [0.05, 0.1) is 0 Å². The van der Waals surface area contributed by atoms with Gasteiger partial charge < -0.3 is 37.6 Å². The molecule has 15 nitrogen and oxygen atoms in total. The molecule has 15 heteroatoms. The normalized spacial score (nSPS) is 21.2. The van der Waals surface area contributed by atoms with Crippen LogP contribution in [0.25, 0.3) is 0 Å². The zero-order valence-corrected chi connectivity index (χ0v) is 84.3. The first kappa shape index (κ1) is 112. The molecule has 8 rings (SSSR count). The van der Waals surface area contributed by atoms with Gasteiger partial charge in [0.1, 0.15) is 0 Å². The lowest BCUT2D eigenvalue weighted by Gasteiger charge is -2.41. The zero-order valence-electron chi connectivity index (χ0n) is 84.3. The average molecular weight is 1630 g/mol. The minimum Gasteiger partial charge on any atom is -0.328 e. The Bertz CT molecular complexity index is 2150. The summed E-state index contributed by atoms with van der Waals surface area (Å²) in [7, 11) is 0. The van der Waals surface area contributed by atoms with E-state index in [1.807, 2.05) is 0 Å². The fraction of sp³-hybridized carbons (Fsp3) is 1.00. The van der Waals surface area contributed by atoms with Gasteiger partial charge in [-0.15, -0.1) is 0 Å². The van der Waals surface area contributed by atoms with Gasteiger partial charge in [-0.3, -0.25) is 39.2 Å². The van der Waals surface area contributed by atoms with Crippen LogP contribution in [0.2, 0.25) is 0 Å². The van der Waals surface area contributed by atoms with E-state index in [4.69, 9.17) is 5.73 Å². The quantitative estimate of drug-likeness (QED) is 0.0395. The van der Waals surface area contributed by atoms with E-state index in [-0.39, 0.29) is 0 Å². The van der Waals surface area contributed by atoms with E-state index in [0.717, 1.165) is 61.6 Å². The molecule has 8 N–H and O–H groups in total. The zero-order chi connectivity index (χ0) is 87.0. The molecular weight excluding hydrogens is 1410 g/mol. The maximum absolute atomic E-state index is 5.81. The summed E-state index contributed by atoms with van der Waals surface area (Å²) in [6, 6.07) is 5.08. The Morgan fingerprint density at radius 3 is 0.600 bits per heavy atom. The fourth-order valence-corrected chi connectivity index (χ4v) is 17.5. The van der Waals surface area contributed by atoms with Crippen molar-refractivity contribution in [1.29, 1.82) is 0 Å². The number of likely N-dealkylation sites (tertiary alicyclic amines) is 8. The number of unbranched alkanes of at least 4 members (excludes halogenated alkanes) is 10. The van der Waals surface area contributed by atoms with Crippen LogP contribution in [-0.4, -0.2) is 270 Å². The molecule has 690 valence electrons. The molecule has 0 amide bonds. The molecule has 0 unspecified atom stereocenters. The standard InChI is InChI=1S/C16H34N2.C15H32N2.C14H30N2.C13H28N2.C12H26N2.C11H24N2.C10H21N.C9H20N2/c1-5-6-7-8-9-12-17-15-10-13-18(14-11-15)16(2,3)4;1-5-6-7-8-11-16-14-9-12-17(13-10-14)15(2,3)4;1-5-6-7-10-15-13-8-11-16(12-9-13)14(2,3)4;1-5-6-9-14-12-7-10-15(11-8-12)13(2,3)4;1-5-8-13-11-6-9-14(10-7-11)12(2,3)4;1-5-12-10-6-8-13(9-7-10)11(2,3)4;1-9-5-7-11(8-6-9)10(2,3)4;1-9(2,3)11-6-4-8(10)5-7-11/h15,17H,5-14H2,1-4H3;14,16H,5-13H2,1-4H3;13,15H,5-12H2,1-4H3;12,14H,5-11H2,1-4H3;11,13H,5-10H2,1-4H3;10,12H,5-9H2,1-4H3;9H,5-8H2,1-4H3;8H,4-7,10H2,1-3H3. The van der Waals surface area contributed by atoms with Crippen LogP contribution in [0.5, 0.6) is 0 Å². The summed E-state index contributed by atoms with van der Waals surface area (Å²) >= 11 is 0. The Morgan fingerprint density at radius 2 is 0.383 bits per heavy atom. The molecule has 0 radical (unpaired) electrons. The third-order valence-corrected chi connectivity index (χ3v) is 26.4. The van der Waals surface area contributed by atoms with Gasteiger partial charge in [-0.25, -0.2) is 0 Å². The fourth-order valence-electron chi connectivity index (χ4n) is 17.5. The lowest BCUT2D eigenvalue weighted by atomic mass is 9.95. The Morgan fingerprint density at radius 1 is 0.209 bits per heavy atom. The summed E-state index contributed by atoms with van der Waals surface area (Å²) < 4.78 is 0. The van der Waals surface area contributed by atoms with Crippen molar-refractivity contribution in [2.24, 2.45) is 11.7 Å². The summed E-state index contributed by atoms with van der Waals surface area (Å²) in [6.07, 6.45) is 41.3. The van der Waals surface area contributed by atoms with Crippen LogP contribution in [0.15, 0.2) is 0 Å². The van der Waals surface area contributed by atoms with Gasteiger partial charge in [0.15, 0.2) is 0 Å². The lowest BCUT2D eigenvalue weighted by Crippen LogP contribution is -2.50. The molecule has 0 atom stereocenters. The molecule has 115 heavy (non-hydrogen) atoms. The van der Waals surface area contributed by atoms with Gasteiger partial charge in [-0.05, 0) is 359 Å². The van der Waals surface area contributed by atoms with E-state index < -0.39 is 0 Å². The van der Waals surface area contributed by atoms with Crippen molar-refractivity contribution < 1.29 is 0 Å². The molecule has 0 aromatic carbocycles. The predicted octanol–water partition coefficient (Wildman–Crippen LogP) is 20.7. The number of nitrogens with one attached hydrogen (secondary N) is 6. The second kappa shape index (κ2) is 60.1. The van der Waals surface area contributed by atoms with E-state index >= 15 is 0 Å². The van der Waals surface area contributed by atoms with Gasteiger partial charge in [-0.2, -0.15) is 0 Å². The maximum Gasteiger partial charge on any atom is 0.0125 e. The molecule has 0 aromatic rings. The largest absolute Gasteiger partial charge is 0.328 e. The minimum absolute atomic E-state index is 0.333. The number of nitrogens with zero attached hydrogens (tertiary/aromatic N) is 8. The van der Waals surface area contributed by atoms with Crippen LogP contribution in [0, 0.1) is 5.92 Å². The summed E-state index contributed by atoms with van der Waals surface area (Å²) in [6.45, 7) is 98.5. The molecule has 8 saturated heterocycles. The third kappa shape index (κ3) is 54.7. The lowest BCUT2D eigenvalue weighted by molar-refractivity contribution is 0.0916. The summed E-state index contributed by atoms with van der Waals surface area (Å²) in [4.78, 5) is 20.7. The molecule has 8 aliphatic rings. The highest BCUT2D eigenvalue weighted by atomic mass is 15.2. The monoisotopic (exact) mass is 1630 g/mol. The van der Waals surface area contributed by atoms with Crippen molar-refractivity contribution in [3.05, 3.63) is 0 Å². The third-order valence-electron chi connectivity index (χ3n) is 26.4. The Balaban J connectivity index is 0.000000660. The topological polar surface area (TPSA) is 124 Å². The number of hydrogen-bond acceptors (Lipinski definition) is 15. The van der Waals surface area contributed by atoms with Gasteiger partial charge in [0.2, 0.25) is 0 Å². The van der Waals surface area contributed by atoms with Crippen LogP contribution < -0.4 is 37.6 Å². The molecule has 0 spiro atoms. The van der Waals surface area contributed by atoms with Crippen LogP contribution in [0.1, 0.15) is 414 Å². The molecule has 0 aromatic heterocycles. The van der Waals surface area contributed by atoms with Crippen LogP contribution >= 0.6 is 0 Å². The first-order chi connectivity index (χ1) is 53.7. The Kier molecular flexibility index (Phi) is 58.7. The summed E-state index contributed by atoms with van der Waals surface area (Å²) in [5.74, 6) is 0.952. The summed E-state index contributed by atoms with van der Waals surface area (Å²) in [5.41, 5.74) is 8.67. The second-order valence-electron chi connectivity index (χ2n) is 44.8. The maximum atomic E-state index is 5.81. The Labute approximate surface area is 723 Å². The smallest absolute Gasteiger partial charge is 0.0125 e. The second-order valence-corrected chi connectivity index (χ2v) is 44.8. The molecule has 0 aliphatic carbocycles. The molecular formula is C100H215N15. The van der Waals surface area contributed by atoms with Gasteiger partial charge >= 0.3 is 0 Å². The van der Waals surface area contributed by atoms with Crippen LogP contribution in [0.4, 0.5) is 0 Å². The van der Waals surface area contributed by atoms with Gasteiger partial charge in [0, 0.05) is 178 Å². The highest BCUT2D eigenvalue weighted by molar-refractivity contribution is 4.91. The van der Waals surface area contributed by atoms with Crippen molar-refractivity contribution in [3.8, 4) is 0 Å². The molecule has 8 aliphatic heterocycles. The number of nitrogens with two attached hydrogens (primary N) is 1. The molecule has 8 heterocycles. The first-order valence-electron chi connectivity index (χ1n) is 49.9. The van der Waals surface area contributed by atoms with E-state index in [2.05, 4.69) is 286 Å². The number of hydrogen-bond donors (Lipinski definition) is 7. The van der Waals surface area contributed by atoms with Gasteiger partial charge in [-0.1, -0.05) is 113 Å². The van der Waals surface area contributed by atoms with Crippen molar-refractivity contribution in [2.75, 3.05) is 144 Å². The molecule has 0 saturated carbocycles. The molecule has 0 bridgehead atoms. The first-order valence-corrected chi connectivity index (χ1v) is 49.9. The van der Waals surface area contributed by atoms with E-state index in [1.54, 1.807) is 0 Å². The summed E-state index contributed by atoms with van der Waals surface area (Å²) in [5, 5.41) is 22.0. The van der Waals surface area contributed by atoms with Crippen LogP contribution in [-0.2, 0) is 0 Å². The predicted molar refractivity (Wildman–Crippen MR) is 516 cm³/mol. The SMILES string of the molecule is CC(C)(C)N1CCC(N)CC1.CC1CCN(C(C)(C)C)CC1.CCCCCCCNC1CCN(C(C)(C)C)CC1.CCCCCCNC1CCN(C(C)(C)C)CC1.CCCCCNC1CCN(C(C)(C)C)CC1.CCCCNC1CCN(C(C)(C)C)CC1.CCCNC1CCN(C(C)(C)C)CC1.CCNC1CCN(C(C)(C)C)CC1. The number of rotatable bonds is 27. The highest BCUT2D eigenvalue weighted by Crippen LogP contribution is 2.28. The van der Waals surface area contributed by atoms with Crippen molar-refractivity contribution in [2.45, 2.75) is 500 Å². The van der Waals surface area contributed by atoms with E-state index in [0.29, 0.717) is 50.4 Å². The van der Waals surface area contributed by atoms with Crippen molar-refractivity contribution in [3.63, 3.8) is 0 Å². The minimum atomic E-state index is 0.333. The van der Waals surface area contributed by atoms with E-state index in [1.165, 1.54) is 324 Å². The highest BCUT2D eigenvalue weighted by Gasteiger charge is 2.33. The Hall–Kier alpha value is -0.600. The average Bonchev–Trinajstić information content (AvgIpc) is 0.899. The van der Waals surface area contributed by atoms with Gasteiger partial charge in [0.25, 0.3) is 0 Å². The van der Waals surface area contributed by atoms with Crippen molar-refractivity contribution >= 4 is 0 Å². The molecule has 8 fully saturated rings. The van der Waals surface area contributed by atoms with Crippen LogP contribution in [0.3, 0.4) is 0 Å². The van der Waals surface area contributed by atoms with Crippen molar-refractivity contribution in [1.82, 2.24) is 71.1 Å². The number of piperidine rings is 8.